The molecule has 5 rings (SSSR count). The topological polar surface area (TPSA) is 13.1 Å². The number of hydrogen-bond donors (Lipinski definition) is 0. The van der Waals surface area contributed by atoms with Crippen LogP contribution in [0.2, 0.25) is 0 Å². The summed E-state index contributed by atoms with van der Waals surface area (Å²) in [5, 5.41) is 2.44. The van der Waals surface area contributed by atoms with Crippen LogP contribution in [0.3, 0.4) is 0 Å². The maximum Gasteiger partial charge on any atom is 0.143 e. The van der Waals surface area contributed by atoms with Gasteiger partial charge in [-0.3, -0.25) is 0 Å². The summed E-state index contributed by atoms with van der Waals surface area (Å²) < 4.78 is 6.88. The van der Waals surface area contributed by atoms with Gasteiger partial charge in [0.05, 0.1) is 0 Å². The third-order valence-corrected chi connectivity index (χ3v) is 6.30. The second-order valence-electron chi connectivity index (χ2n) is 7.06. The number of alkyl halides is 1. The molecule has 2 aromatic carbocycles. The van der Waals surface area contributed by atoms with Crippen LogP contribution in [-0.4, -0.2) is 3.92 Å². The molecule has 1 heterocycles. The van der Waals surface area contributed by atoms with E-state index in [1.54, 1.807) is 5.57 Å². The van der Waals surface area contributed by atoms with E-state index in [-0.39, 0.29) is 5.41 Å². The van der Waals surface area contributed by atoms with Gasteiger partial charge in [0.1, 0.15) is 11.2 Å². The van der Waals surface area contributed by atoms with Gasteiger partial charge in [0.15, 0.2) is 0 Å². The molecule has 2 aliphatic rings. The molecular formula is C21H17IO. The first-order valence-electron chi connectivity index (χ1n) is 8.08. The van der Waals surface area contributed by atoms with Gasteiger partial charge < -0.3 is 4.42 Å². The second-order valence-corrected chi connectivity index (χ2v) is 8.66. The Hall–Kier alpha value is -1.55. The normalized spacial score (nSPS) is 22.0. The van der Waals surface area contributed by atoms with Crippen LogP contribution in [0.1, 0.15) is 31.4 Å². The van der Waals surface area contributed by atoms with Crippen molar-refractivity contribution in [2.24, 2.45) is 0 Å². The van der Waals surface area contributed by atoms with Gasteiger partial charge in [-0.05, 0) is 23.6 Å². The summed E-state index contributed by atoms with van der Waals surface area (Å²) in [5.41, 5.74) is 7.80. The number of furan rings is 1. The van der Waals surface area contributed by atoms with Crippen LogP contribution in [0, 0.1) is 0 Å². The zero-order valence-corrected chi connectivity index (χ0v) is 15.3. The van der Waals surface area contributed by atoms with Gasteiger partial charge in [0, 0.05) is 25.7 Å². The molecule has 0 spiro atoms. The molecule has 1 aromatic heterocycles. The van der Waals surface area contributed by atoms with Gasteiger partial charge in [-0.2, -0.15) is 0 Å². The first kappa shape index (κ1) is 13.8. The van der Waals surface area contributed by atoms with E-state index in [9.17, 15) is 0 Å². The van der Waals surface area contributed by atoms with Crippen molar-refractivity contribution in [2.75, 3.05) is 0 Å². The Morgan fingerprint density at radius 3 is 2.78 bits per heavy atom. The molecule has 114 valence electrons. The average Bonchev–Trinajstić information content (AvgIpc) is 3.02. The molecule has 0 N–H and O–H groups in total. The van der Waals surface area contributed by atoms with E-state index in [1.165, 1.54) is 27.5 Å². The Kier molecular flexibility index (Phi) is 2.71. The van der Waals surface area contributed by atoms with E-state index >= 15 is 0 Å². The summed E-state index contributed by atoms with van der Waals surface area (Å²) in [4.78, 5) is 0. The second kappa shape index (κ2) is 4.50. The van der Waals surface area contributed by atoms with Crippen LogP contribution in [0.4, 0.5) is 0 Å². The minimum Gasteiger partial charge on any atom is -0.455 e. The molecule has 23 heavy (non-hydrogen) atoms. The summed E-state index contributed by atoms with van der Waals surface area (Å²) in [7, 11) is 0. The number of fused-ring (bicyclic) bond motifs is 6. The number of halogens is 1. The van der Waals surface area contributed by atoms with E-state index in [2.05, 4.69) is 78.9 Å². The zero-order chi connectivity index (χ0) is 15.8. The fraction of sp³-hybridized carbons (Fsp3) is 0.238. The van der Waals surface area contributed by atoms with Crippen molar-refractivity contribution in [1.82, 2.24) is 0 Å². The van der Waals surface area contributed by atoms with Crippen molar-refractivity contribution in [3.63, 3.8) is 0 Å². The summed E-state index contributed by atoms with van der Waals surface area (Å²) in [6.45, 7) is 4.70. The van der Waals surface area contributed by atoms with E-state index in [0.29, 0.717) is 3.92 Å². The lowest BCUT2D eigenvalue weighted by Crippen LogP contribution is -2.19. The van der Waals surface area contributed by atoms with Gasteiger partial charge >= 0.3 is 0 Å². The van der Waals surface area contributed by atoms with Gasteiger partial charge in [0.25, 0.3) is 0 Å². The van der Waals surface area contributed by atoms with Crippen LogP contribution in [0.5, 0.6) is 0 Å². The van der Waals surface area contributed by atoms with Crippen molar-refractivity contribution in [3.05, 3.63) is 65.3 Å². The SMILES string of the molecule is CC1(C)C2=C(C=CC(I)C2)c2c1ccc1c2oc2ccccc21. The molecule has 0 bridgehead atoms. The molecule has 3 aromatic rings. The molecule has 0 saturated carbocycles. The number of para-hydroxylation sites is 1. The molecular weight excluding hydrogens is 395 g/mol. The molecule has 0 saturated heterocycles. The molecule has 2 heteroatoms. The van der Waals surface area contributed by atoms with Crippen LogP contribution >= 0.6 is 22.6 Å². The number of hydrogen-bond acceptors (Lipinski definition) is 1. The predicted molar refractivity (Wildman–Crippen MR) is 105 cm³/mol. The number of benzene rings is 2. The molecule has 2 aliphatic carbocycles. The first-order valence-corrected chi connectivity index (χ1v) is 9.33. The minimum atomic E-state index is 0.0893. The van der Waals surface area contributed by atoms with Gasteiger partial charge in [-0.25, -0.2) is 0 Å². The summed E-state index contributed by atoms with van der Waals surface area (Å²) in [6.07, 6.45) is 5.78. The lowest BCUT2D eigenvalue weighted by Gasteiger charge is -2.27. The van der Waals surface area contributed by atoms with Crippen molar-refractivity contribution in [2.45, 2.75) is 29.6 Å². The Labute approximate surface area is 149 Å². The maximum absolute atomic E-state index is 6.29. The van der Waals surface area contributed by atoms with Crippen LogP contribution in [0.15, 0.2) is 58.5 Å². The largest absolute Gasteiger partial charge is 0.455 e. The van der Waals surface area contributed by atoms with E-state index in [4.69, 9.17) is 4.42 Å². The summed E-state index contributed by atoms with van der Waals surface area (Å²) in [5.74, 6) is 0. The lowest BCUT2D eigenvalue weighted by molar-refractivity contribution is 0.610. The van der Waals surface area contributed by atoms with E-state index in [1.807, 2.05) is 6.07 Å². The maximum atomic E-state index is 6.29. The Bertz CT molecular complexity index is 1030. The molecule has 0 fully saturated rings. The van der Waals surface area contributed by atoms with E-state index in [0.717, 1.165) is 17.6 Å². The Morgan fingerprint density at radius 1 is 1.09 bits per heavy atom. The Morgan fingerprint density at radius 2 is 1.91 bits per heavy atom. The Balaban J connectivity index is 1.92. The molecule has 0 amide bonds. The zero-order valence-electron chi connectivity index (χ0n) is 13.2. The molecule has 1 atom stereocenters. The molecule has 0 aliphatic heterocycles. The van der Waals surface area contributed by atoms with Gasteiger partial charge in [-0.1, -0.05) is 84.5 Å². The molecule has 0 radical (unpaired) electrons. The van der Waals surface area contributed by atoms with Crippen molar-refractivity contribution in [1.29, 1.82) is 0 Å². The lowest BCUT2D eigenvalue weighted by atomic mass is 9.78. The molecule has 1 nitrogen and oxygen atoms in total. The highest BCUT2D eigenvalue weighted by Gasteiger charge is 2.40. The third-order valence-electron chi connectivity index (χ3n) is 5.44. The predicted octanol–water partition coefficient (Wildman–Crippen LogP) is 6.39. The van der Waals surface area contributed by atoms with Crippen molar-refractivity contribution in [3.8, 4) is 0 Å². The standard InChI is InChI=1S/C21H17IO/c1-21(2)16-10-9-14-13-5-3-4-6-18(13)23-20(14)19(16)15-8-7-12(22)11-17(15)21/h3-10,12H,11H2,1-2H3. The van der Waals surface area contributed by atoms with Crippen LogP contribution in [0.25, 0.3) is 27.5 Å². The van der Waals surface area contributed by atoms with Crippen molar-refractivity contribution >= 4 is 50.1 Å². The highest BCUT2D eigenvalue weighted by molar-refractivity contribution is 14.1. The first-order chi connectivity index (χ1) is 11.1. The number of rotatable bonds is 0. The highest BCUT2D eigenvalue weighted by atomic mass is 127. The number of allylic oxidation sites excluding steroid dienone is 4. The van der Waals surface area contributed by atoms with Crippen LogP contribution < -0.4 is 0 Å². The summed E-state index contributed by atoms with van der Waals surface area (Å²) >= 11 is 2.53. The van der Waals surface area contributed by atoms with Gasteiger partial charge in [-0.15, -0.1) is 0 Å². The van der Waals surface area contributed by atoms with Crippen molar-refractivity contribution < 1.29 is 4.42 Å². The fourth-order valence-corrected chi connectivity index (χ4v) is 4.89. The summed E-state index contributed by atoms with van der Waals surface area (Å²) in [6, 6.07) is 12.9. The average molecular weight is 412 g/mol. The highest BCUT2D eigenvalue weighted by Crippen LogP contribution is 2.53. The minimum absolute atomic E-state index is 0.0893. The van der Waals surface area contributed by atoms with Gasteiger partial charge in [0.2, 0.25) is 0 Å². The fourth-order valence-electron chi connectivity index (χ4n) is 4.24. The monoisotopic (exact) mass is 412 g/mol. The molecule has 1 unspecified atom stereocenters. The quantitative estimate of drug-likeness (QED) is 0.308. The van der Waals surface area contributed by atoms with Crippen LogP contribution in [-0.2, 0) is 5.41 Å². The smallest absolute Gasteiger partial charge is 0.143 e. The third kappa shape index (κ3) is 1.73. The van der Waals surface area contributed by atoms with E-state index < -0.39 is 0 Å².